The van der Waals surface area contributed by atoms with Gasteiger partial charge in [0.1, 0.15) is 5.82 Å². The van der Waals surface area contributed by atoms with Crippen molar-refractivity contribution in [1.29, 1.82) is 0 Å². The first kappa shape index (κ1) is 19.2. The maximum Gasteiger partial charge on any atom is 0.222 e. The molecule has 0 spiro atoms. The molecule has 138 valence electrons. The van der Waals surface area contributed by atoms with Crippen LogP contribution in [-0.2, 0) is 6.42 Å². The first-order valence-corrected chi connectivity index (χ1v) is 8.80. The largest absolute Gasteiger partial charge is 0.323 e. The molecule has 0 unspecified atom stereocenters. The highest BCUT2D eigenvalue weighted by Crippen LogP contribution is 2.27. The molecule has 2 aromatic carbocycles. The van der Waals surface area contributed by atoms with E-state index in [9.17, 15) is 18.0 Å². The summed E-state index contributed by atoms with van der Waals surface area (Å²) in [4.78, 5) is 20.5. The third kappa shape index (κ3) is 4.99. The molecule has 0 atom stereocenters. The van der Waals surface area contributed by atoms with Crippen LogP contribution in [0.25, 0.3) is 0 Å². The number of anilines is 1. The van der Waals surface area contributed by atoms with E-state index in [1.807, 2.05) is 0 Å². The Morgan fingerprint density at radius 3 is 2.70 bits per heavy atom. The number of nitrogens with zero attached hydrogens (tertiary/aromatic N) is 2. The first-order chi connectivity index (χ1) is 12.9. The van der Waals surface area contributed by atoms with Gasteiger partial charge in [0.2, 0.25) is 5.28 Å². The molecule has 1 aromatic heterocycles. The van der Waals surface area contributed by atoms with Crippen LogP contribution in [-0.4, -0.2) is 15.8 Å². The van der Waals surface area contributed by atoms with Crippen molar-refractivity contribution >= 4 is 35.0 Å². The Hall–Kier alpha value is -2.58. The third-order valence-corrected chi connectivity index (χ3v) is 4.44. The van der Waals surface area contributed by atoms with Crippen molar-refractivity contribution in [1.82, 2.24) is 9.97 Å². The number of Topliss-reactive ketones (excluding diaryl/α,β-unsaturated/α-hetero) is 1. The minimum atomic E-state index is -1.18. The molecule has 3 aromatic rings. The molecule has 0 radical (unpaired) electrons. The Balaban J connectivity index is 1.79. The van der Waals surface area contributed by atoms with Gasteiger partial charge in [0.25, 0.3) is 0 Å². The standard InChI is InChI=1S/C18H11ClF3N3OS/c19-18-23-5-4-12(24-18)9-16(26)10-6-14(21)17(22)15(7-10)25-27-13-3-1-2-11(20)8-13/h1-8,25H,9H2. The van der Waals surface area contributed by atoms with E-state index in [2.05, 4.69) is 14.7 Å². The Labute approximate surface area is 161 Å². The number of hydrogen-bond acceptors (Lipinski definition) is 5. The average Bonchev–Trinajstić information content (AvgIpc) is 2.63. The lowest BCUT2D eigenvalue weighted by molar-refractivity contribution is 0.0991. The van der Waals surface area contributed by atoms with Gasteiger partial charge in [-0.15, -0.1) is 0 Å². The SMILES string of the molecule is O=C(Cc1ccnc(Cl)n1)c1cc(F)c(F)c(NSc2cccc(F)c2)c1. The second-order valence-corrected chi connectivity index (χ2v) is 6.62. The lowest BCUT2D eigenvalue weighted by atomic mass is 10.1. The average molecular weight is 410 g/mol. The van der Waals surface area contributed by atoms with Crippen molar-refractivity contribution < 1.29 is 18.0 Å². The van der Waals surface area contributed by atoms with Gasteiger partial charge in [-0.1, -0.05) is 6.07 Å². The molecule has 1 heterocycles. The number of hydrogen-bond donors (Lipinski definition) is 1. The monoisotopic (exact) mass is 409 g/mol. The number of benzene rings is 2. The normalized spacial score (nSPS) is 10.7. The Morgan fingerprint density at radius 1 is 1.15 bits per heavy atom. The zero-order chi connectivity index (χ0) is 19.4. The molecule has 3 rings (SSSR count). The number of aromatic nitrogens is 2. The van der Waals surface area contributed by atoms with E-state index in [0.717, 1.165) is 18.0 Å². The van der Waals surface area contributed by atoms with Crippen molar-refractivity contribution in [2.75, 3.05) is 4.72 Å². The summed E-state index contributed by atoms with van der Waals surface area (Å²) in [6.45, 7) is 0. The summed E-state index contributed by atoms with van der Waals surface area (Å²) in [5.41, 5.74) is 0.0905. The Morgan fingerprint density at radius 2 is 1.96 bits per heavy atom. The van der Waals surface area contributed by atoms with E-state index >= 15 is 0 Å². The summed E-state index contributed by atoms with van der Waals surface area (Å²) in [7, 11) is 0. The van der Waals surface area contributed by atoms with Crippen molar-refractivity contribution in [3.05, 3.63) is 82.7 Å². The van der Waals surface area contributed by atoms with Crippen LogP contribution < -0.4 is 4.72 Å². The summed E-state index contributed by atoms with van der Waals surface area (Å²) in [6.07, 6.45) is 1.25. The van der Waals surface area contributed by atoms with E-state index < -0.39 is 23.2 Å². The van der Waals surface area contributed by atoms with Crippen LogP contribution in [0.3, 0.4) is 0 Å². The number of nitrogens with one attached hydrogen (secondary N) is 1. The molecular formula is C18H11ClF3N3OS. The van der Waals surface area contributed by atoms with Gasteiger partial charge in [0, 0.05) is 16.7 Å². The lowest BCUT2D eigenvalue weighted by Gasteiger charge is -2.10. The number of rotatable bonds is 6. The molecule has 9 heteroatoms. The zero-order valence-corrected chi connectivity index (χ0v) is 15.1. The maximum absolute atomic E-state index is 14.0. The molecule has 27 heavy (non-hydrogen) atoms. The number of carbonyl (C=O) groups excluding carboxylic acids is 1. The van der Waals surface area contributed by atoms with E-state index in [0.29, 0.717) is 10.6 Å². The number of carbonyl (C=O) groups is 1. The number of halogens is 4. The van der Waals surface area contributed by atoms with Crippen molar-refractivity contribution in [2.24, 2.45) is 0 Å². The minimum Gasteiger partial charge on any atom is -0.323 e. The molecule has 0 fully saturated rings. The predicted octanol–water partition coefficient (Wildman–Crippen LogP) is 5.09. The van der Waals surface area contributed by atoms with Crippen LogP contribution in [0.5, 0.6) is 0 Å². The molecule has 4 nitrogen and oxygen atoms in total. The maximum atomic E-state index is 14.0. The van der Waals surface area contributed by atoms with Gasteiger partial charge < -0.3 is 4.72 Å². The molecule has 0 aliphatic heterocycles. The summed E-state index contributed by atoms with van der Waals surface area (Å²) < 4.78 is 43.7. The fraction of sp³-hybridized carbons (Fsp3) is 0.0556. The summed E-state index contributed by atoms with van der Waals surface area (Å²) in [5, 5.41) is -0.0144. The molecule has 0 saturated heterocycles. The highest BCUT2D eigenvalue weighted by Gasteiger charge is 2.16. The topological polar surface area (TPSA) is 54.9 Å². The van der Waals surface area contributed by atoms with Crippen LogP contribution in [0.2, 0.25) is 5.28 Å². The van der Waals surface area contributed by atoms with Gasteiger partial charge in [0.05, 0.1) is 17.8 Å². The highest BCUT2D eigenvalue weighted by molar-refractivity contribution is 8.00. The van der Waals surface area contributed by atoms with Crippen LogP contribution in [0, 0.1) is 17.5 Å². The fourth-order valence-corrected chi connectivity index (χ4v) is 3.06. The third-order valence-electron chi connectivity index (χ3n) is 3.45. The molecule has 0 aliphatic rings. The molecule has 0 amide bonds. The Kier molecular flexibility index (Phi) is 5.98. The van der Waals surface area contributed by atoms with Gasteiger partial charge in [0.15, 0.2) is 17.4 Å². The minimum absolute atomic E-state index is 0.0144. The highest BCUT2D eigenvalue weighted by atomic mass is 35.5. The molecule has 0 bridgehead atoms. The van der Waals surface area contributed by atoms with Crippen molar-refractivity contribution in [3.8, 4) is 0 Å². The van der Waals surface area contributed by atoms with E-state index in [1.54, 1.807) is 6.07 Å². The van der Waals surface area contributed by atoms with Crippen LogP contribution in [0.1, 0.15) is 16.1 Å². The van der Waals surface area contributed by atoms with Crippen molar-refractivity contribution in [2.45, 2.75) is 11.3 Å². The van der Waals surface area contributed by atoms with E-state index in [1.165, 1.54) is 36.5 Å². The van der Waals surface area contributed by atoms with Gasteiger partial charge >= 0.3 is 0 Å². The van der Waals surface area contributed by atoms with E-state index in [-0.39, 0.29) is 23.0 Å². The summed E-state index contributed by atoms with van der Waals surface area (Å²) in [6, 6.07) is 9.10. The number of ketones is 1. The first-order valence-electron chi connectivity index (χ1n) is 7.60. The van der Waals surface area contributed by atoms with E-state index in [4.69, 9.17) is 11.6 Å². The molecule has 0 saturated carbocycles. The second-order valence-electron chi connectivity index (χ2n) is 5.40. The van der Waals surface area contributed by atoms with Gasteiger partial charge in [-0.05, 0) is 59.9 Å². The quantitative estimate of drug-likeness (QED) is 0.349. The molecule has 1 N–H and O–H groups in total. The second kappa shape index (κ2) is 8.41. The Bertz CT molecular complexity index is 1000. The lowest BCUT2D eigenvalue weighted by Crippen LogP contribution is -2.08. The summed E-state index contributed by atoms with van der Waals surface area (Å²) >= 11 is 6.56. The van der Waals surface area contributed by atoms with Crippen LogP contribution >= 0.6 is 23.5 Å². The molecule has 0 aliphatic carbocycles. The van der Waals surface area contributed by atoms with Gasteiger partial charge in [-0.2, -0.15) is 0 Å². The predicted molar refractivity (Wildman–Crippen MR) is 97.3 cm³/mol. The smallest absolute Gasteiger partial charge is 0.222 e. The fourth-order valence-electron chi connectivity index (χ4n) is 2.20. The van der Waals surface area contributed by atoms with Crippen molar-refractivity contribution in [3.63, 3.8) is 0 Å². The van der Waals surface area contributed by atoms with Crippen LogP contribution in [0.4, 0.5) is 18.9 Å². The van der Waals surface area contributed by atoms with Gasteiger partial charge in [-0.25, -0.2) is 23.1 Å². The van der Waals surface area contributed by atoms with Gasteiger partial charge in [-0.3, -0.25) is 4.79 Å². The zero-order valence-electron chi connectivity index (χ0n) is 13.5. The molecular weight excluding hydrogens is 399 g/mol. The summed E-state index contributed by atoms with van der Waals surface area (Å²) in [5.74, 6) is -3.24. The van der Waals surface area contributed by atoms with Crippen LogP contribution in [0.15, 0.2) is 53.6 Å².